The van der Waals surface area contributed by atoms with Crippen LogP contribution in [0.25, 0.3) is 0 Å². The number of rotatable bonds is 4. The van der Waals surface area contributed by atoms with Crippen molar-refractivity contribution in [1.82, 2.24) is 9.88 Å². The second kappa shape index (κ2) is 4.63. The van der Waals surface area contributed by atoms with Gasteiger partial charge < -0.3 is 15.0 Å². The summed E-state index contributed by atoms with van der Waals surface area (Å²) in [7, 11) is 1.56. The molecule has 0 aliphatic heterocycles. The molecule has 2 N–H and O–H groups in total. The zero-order valence-electron chi connectivity index (χ0n) is 8.78. The highest BCUT2D eigenvalue weighted by Crippen LogP contribution is 2.10. The average molecular weight is 210 g/mol. The number of carboxylic acids is 1. The predicted octanol–water partition coefficient (Wildman–Crippen LogP) is 0.631. The fourth-order valence-corrected chi connectivity index (χ4v) is 1.41. The SMILES string of the molecule is CNC(=O)CCn1ccc(C)c1C(=O)O. The Balaban J connectivity index is 2.77. The highest BCUT2D eigenvalue weighted by Gasteiger charge is 2.13. The van der Waals surface area contributed by atoms with Crippen molar-refractivity contribution in [1.29, 1.82) is 0 Å². The molecule has 1 amide bonds. The second-order valence-electron chi connectivity index (χ2n) is 3.27. The highest BCUT2D eigenvalue weighted by molar-refractivity contribution is 5.87. The molecule has 1 rings (SSSR count). The zero-order valence-corrected chi connectivity index (χ0v) is 8.78. The molecule has 0 aliphatic rings. The van der Waals surface area contributed by atoms with E-state index in [1.165, 1.54) is 0 Å². The number of aromatic carboxylic acids is 1. The fraction of sp³-hybridized carbons (Fsp3) is 0.400. The van der Waals surface area contributed by atoms with Crippen LogP contribution in [0.3, 0.4) is 0 Å². The third-order valence-corrected chi connectivity index (χ3v) is 2.23. The largest absolute Gasteiger partial charge is 0.477 e. The van der Waals surface area contributed by atoms with Gasteiger partial charge in [0.25, 0.3) is 0 Å². The first-order valence-electron chi connectivity index (χ1n) is 4.66. The van der Waals surface area contributed by atoms with E-state index >= 15 is 0 Å². The summed E-state index contributed by atoms with van der Waals surface area (Å²) < 4.78 is 1.58. The summed E-state index contributed by atoms with van der Waals surface area (Å²) in [6, 6.07) is 1.73. The van der Waals surface area contributed by atoms with Crippen LogP contribution in [-0.4, -0.2) is 28.6 Å². The van der Waals surface area contributed by atoms with Crippen LogP contribution in [0.4, 0.5) is 0 Å². The predicted molar refractivity (Wildman–Crippen MR) is 54.8 cm³/mol. The molecule has 0 saturated heterocycles. The molecular weight excluding hydrogens is 196 g/mol. The van der Waals surface area contributed by atoms with Crippen molar-refractivity contribution in [2.24, 2.45) is 0 Å². The van der Waals surface area contributed by atoms with E-state index in [0.717, 1.165) is 0 Å². The summed E-state index contributed by atoms with van der Waals surface area (Å²) in [5.74, 6) is -1.06. The molecule has 0 saturated carbocycles. The fourth-order valence-electron chi connectivity index (χ4n) is 1.41. The Morgan fingerprint density at radius 1 is 1.53 bits per heavy atom. The maximum Gasteiger partial charge on any atom is 0.352 e. The molecule has 5 nitrogen and oxygen atoms in total. The summed E-state index contributed by atoms with van der Waals surface area (Å²) >= 11 is 0. The Kier molecular flexibility index (Phi) is 3.49. The lowest BCUT2D eigenvalue weighted by molar-refractivity contribution is -0.120. The minimum Gasteiger partial charge on any atom is -0.477 e. The van der Waals surface area contributed by atoms with Crippen LogP contribution in [0, 0.1) is 6.92 Å². The summed E-state index contributed by atoms with van der Waals surface area (Å²) in [5, 5.41) is 11.4. The maximum absolute atomic E-state index is 11.0. The topological polar surface area (TPSA) is 71.3 Å². The van der Waals surface area contributed by atoms with Crippen LogP contribution in [-0.2, 0) is 11.3 Å². The van der Waals surface area contributed by atoms with Gasteiger partial charge in [0.15, 0.2) is 0 Å². The lowest BCUT2D eigenvalue weighted by Crippen LogP contribution is -2.20. The van der Waals surface area contributed by atoms with Crippen molar-refractivity contribution < 1.29 is 14.7 Å². The number of carbonyl (C=O) groups is 2. The van der Waals surface area contributed by atoms with E-state index in [9.17, 15) is 9.59 Å². The molecule has 0 atom stereocenters. The quantitative estimate of drug-likeness (QED) is 0.765. The molecule has 0 aromatic carbocycles. The van der Waals surface area contributed by atoms with Crippen LogP contribution in [0.15, 0.2) is 12.3 Å². The van der Waals surface area contributed by atoms with Crippen LogP contribution < -0.4 is 5.32 Å². The molecule has 0 fully saturated rings. The van der Waals surface area contributed by atoms with E-state index in [0.29, 0.717) is 12.1 Å². The number of carboxylic acid groups (broad SMARTS) is 1. The lowest BCUT2D eigenvalue weighted by atomic mass is 10.2. The Morgan fingerprint density at radius 3 is 2.73 bits per heavy atom. The maximum atomic E-state index is 11.0. The van der Waals surface area contributed by atoms with E-state index in [-0.39, 0.29) is 18.0 Å². The van der Waals surface area contributed by atoms with Crippen molar-refractivity contribution >= 4 is 11.9 Å². The second-order valence-corrected chi connectivity index (χ2v) is 3.27. The third kappa shape index (κ3) is 2.59. The minimum absolute atomic E-state index is 0.0994. The normalized spacial score (nSPS) is 10.0. The molecule has 82 valence electrons. The molecule has 5 heteroatoms. The summed E-state index contributed by atoms with van der Waals surface area (Å²) in [6.07, 6.45) is 1.96. The van der Waals surface area contributed by atoms with Gasteiger partial charge in [-0.1, -0.05) is 0 Å². The Hall–Kier alpha value is -1.78. The van der Waals surface area contributed by atoms with Crippen molar-refractivity contribution in [3.05, 3.63) is 23.5 Å². The molecular formula is C10H14N2O3. The van der Waals surface area contributed by atoms with Crippen LogP contribution in [0.5, 0.6) is 0 Å². The molecule has 0 aliphatic carbocycles. The zero-order chi connectivity index (χ0) is 11.4. The van der Waals surface area contributed by atoms with Crippen molar-refractivity contribution in [3.8, 4) is 0 Å². The van der Waals surface area contributed by atoms with E-state index in [1.807, 2.05) is 0 Å². The third-order valence-electron chi connectivity index (χ3n) is 2.23. The van der Waals surface area contributed by atoms with Gasteiger partial charge in [0.1, 0.15) is 5.69 Å². The van der Waals surface area contributed by atoms with Crippen LogP contribution in [0.1, 0.15) is 22.5 Å². The Labute approximate surface area is 87.7 Å². The Morgan fingerprint density at radius 2 is 2.20 bits per heavy atom. The first kappa shape index (κ1) is 11.3. The smallest absolute Gasteiger partial charge is 0.352 e. The van der Waals surface area contributed by atoms with Crippen LogP contribution in [0.2, 0.25) is 0 Å². The number of nitrogens with zero attached hydrogens (tertiary/aromatic N) is 1. The highest BCUT2D eigenvalue weighted by atomic mass is 16.4. The molecule has 15 heavy (non-hydrogen) atoms. The number of hydrogen-bond donors (Lipinski definition) is 2. The first-order chi connectivity index (χ1) is 7.06. The summed E-state index contributed by atoms with van der Waals surface area (Å²) in [5.41, 5.74) is 0.957. The molecule has 0 radical (unpaired) electrons. The molecule has 1 heterocycles. The summed E-state index contributed by atoms with van der Waals surface area (Å²) in [6.45, 7) is 2.12. The van der Waals surface area contributed by atoms with Gasteiger partial charge >= 0.3 is 5.97 Å². The summed E-state index contributed by atoms with van der Waals surface area (Å²) in [4.78, 5) is 21.9. The van der Waals surface area contributed by atoms with Gasteiger partial charge in [0.2, 0.25) is 5.91 Å². The van der Waals surface area contributed by atoms with Gasteiger partial charge in [-0.3, -0.25) is 4.79 Å². The van der Waals surface area contributed by atoms with Gasteiger partial charge in [-0.15, -0.1) is 0 Å². The number of carbonyl (C=O) groups excluding carboxylic acids is 1. The first-order valence-corrected chi connectivity index (χ1v) is 4.66. The number of aromatic nitrogens is 1. The average Bonchev–Trinajstić information content (AvgIpc) is 2.56. The number of hydrogen-bond acceptors (Lipinski definition) is 2. The number of aryl methyl sites for hydroxylation is 2. The molecule has 0 spiro atoms. The standard InChI is InChI=1S/C10H14N2O3/c1-7-3-5-12(9(7)10(14)15)6-4-8(13)11-2/h3,5H,4,6H2,1-2H3,(H,11,13)(H,14,15). The Bertz CT molecular complexity index is 382. The molecule has 1 aromatic rings. The van der Waals surface area contributed by atoms with Gasteiger partial charge in [0.05, 0.1) is 0 Å². The van der Waals surface area contributed by atoms with Crippen molar-refractivity contribution in [3.63, 3.8) is 0 Å². The number of nitrogens with one attached hydrogen (secondary N) is 1. The van der Waals surface area contributed by atoms with E-state index in [1.54, 1.807) is 30.8 Å². The van der Waals surface area contributed by atoms with Gasteiger partial charge in [0, 0.05) is 26.2 Å². The molecule has 0 unspecified atom stereocenters. The van der Waals surface area contributed by atoms with E-state index in [4.69, 9.17) is 5.11 Å². The van der Waals surface area contributed by atoms with Gasteiger partial charge in [-0.25, -0.2) is 4.79 Å². The molecule has 0 bridgehead atoms. The number of amides is 1. The minimum atomic E-state index is -0.964. The van der Waals surface area contributed by atoms with Crippen molar-refractivity contribution in [2.75, 3.05) is 7.05 Å². The van der Waals surface area contributed by atoms with Crippen molar-refractivity contribution in [2.45, 2.75) is 19.9 Å². The van der Waals surface area contributed by atoms with Crippen LogP contribution >= 0.6 is 0 Å². The monoisotopic (exact) mass is 210 g/mol. The van der Waals surface area contributed by atoms with Gasteiger partial charge in [-0.05, 0) is 18.6 Å². The molecule has 1 aromatic heterocycles. The van der Waals surface area contributed by atoms with E-state index < -0.39 is 5.97 Å². The van der Waals surface area contributed by atoms with Gasteiger partial charge in [-0.2, -0.15) is 0 Å². The lowest BCUT2D eigenvalue weighted by Gasteiger charge is -2.05. The van der Waals surface area contributed by atoms with E-state index in [2.05, 4.69) is 5.32 Å².